The summed E-state index contributed by atoms with van der Waals surface area (Å²) in [7, 11) is 0. The third kappa shape index (κ3) is 3.15. The number of aliphatic carboxylic acids is 1. The van der Waals surface area contributed by atoms with Crippen molar-refractivity contribution in [2.45, 2.75) is 65.0 Å². The molecule has 22 heavy (non-hydrogen) atoms. The number of carbonyl (C=O) groups excluding carboxylic acids is 1. The molecule has 1 aromatic rings. The predicted molar refractivity (Wildman–Crippen MR) is 82.9 cm³/mol. The highest BCUT2D eigenvalue weighted by molar-refractivity contribution is 5.95. The minimum Gasteiger partial charge on any atom is -0.480 e. The Bertz CT molecular complexity index is 549. The summed E-state index contributed by atoms with van der Waals surface area (Å²) in [5.74, 6) is -1.19. The lowest BCUT2D eigenvalue weighted by molar-refractivity contribution is -0.143. The smallest absolute Gasteiger partial charge is 0.326 e. The Morgan fingerprint density at radius 1 is 1.36 bits per heavy atom. The molecule has 1 N–H and O–H groups in total. The Morgan fingerprint density at radius 2 is 2.05 bits per heavy atom. The van der Waals surface area contributed by atoms with Gasteiger partial charge in [0.25, 0.3) is 5.91 Å². The topological polar surface area (TPSA) is 75.4 Å². The summed E-state index contributed by atoms with van der Waals surface area (Å²) < 4.78 is 1.90. The van der Waals surface area contributed by atoms with Crippen molar-refractivity contribution in [1.29, 1.82) is 0 Å². The number of hydrogen-bond donors (Lipinski definition) is 1. The van der Waals surface area contributed by atoms with Crippen LogP contribution in [0.3, 0.4) is 0 Å². The summed E-state index contributed by atoms with van der Waals surface area (Å²) in [6.45, 7) is 6.63. The van der Waals surface area contributed by atoms with Gasteiger partial charge in [0.1, 0.15) is 6.04 Å². The maximum absolute atomic E-state index is 12.7. The molecule has 1 atom stereocenters. The maximum Gasteiger partial charge on any atom is 0.326 e. The first-order valence-electron chi connectivity index (χ1n) is 8.09. The number of aryl methyl sites for hydroxylation is 1. The molecule has 2 rings (SSSR count). The van der Waals surface area contributed by atoms with E-state index >= 15 is 0 Å². The van der Waals surface area contributed by atoms with Crippen LogP contribution in [0.4, 0.5) is 0 Å². The molecule has 0 aromatic carbocycles. The van der Waals surface area contributed by atoms with Crippen LogP contribution in [0, 0.1) is 6.92 Å². The van der Waals surface area contributed by atoms with E-state index in [1.54, 1.807) is 6.07 Å². The Labute approximate surface area is 131 Å². The fourth-order valence-electron chi connectivity index (χ4n) is 3.18. The molecule has 0 bridgehead atoms. The molecule has 0 saturated carbocycles. The second-order valence-electron chi connectivity index (χ2n) is 5.93. The number of rotatable bonds is 5. The summed E-state index contributed by atoms with van der Waals surface area (Å²) in [6, 6.07) is 1.33. The molecule has 1 aliphatic heterocycles. The normalized spacial score (nSPS) is 18.7. The number of amides is 1. The third-order valence-electron chi connectivity index (χ3n) is 4.48. The zero-order valence-electron chi connectivity index (χ0n) is 13.6. The van der Waals surface area contributed by atoms with Crippen LogP contribution in [0.5, 0.6) is 0 Å². The number of likely N-dealkylation sites (tertiary alicyclic amines) is 1. The van der Waals surface area contributed by atoms with Gasteiger partial charge >= 0.3 is 5.97 Å². The van der Waals surface area contributed by atoms with Gasteiger partial charge in [-0.3, -0.25) is 9.48 Å². The van der Waals surface area contributed by atoms with E-state index in [1.807, 2.05) is 11.6 Å². The Morgan fingerprint density at radius 3 is 2.64 bits per heavy atom. The number of nitrogens with zero attached hydrogens (tertiary/aromatic N) is 3. The van der Waals surface area contributed by atoms with Crippen LogP contribution >= 0.6 is 0 Å². The first-order valence-corrected chi connectivity index (χ1v) is 8.09. The van der Waals surface area contributed by atoms with Crippen LogP contribution in [0.1, 0.15) is 68.2 Å². The van der Waals surface area contributed by atoms with E-state index in [9.17, 15) is 14.7 Å². The van der Waals surface area contributed by atoms with E-state index in [0.29, 0.717) is 18.7 Å². The minimum atomic E-state index is -0.927. The molecule has 0 aliphatic carbocycles. The van der Waals surface area contributed by atoms with Crippen molar-refractivity contribution in [3.63, 3.8) is 0 Å². The van der Waals surface area contributed by atoms with E-state index in [4.69, 9.17) is 0 Å². The summed E-state index contributed by atoms with van der Waals surface area (Å²) in [5.41, 5.74) is 1.30. The molecule has 0 spiro atoms. The van der Waals surface area contributed by atoms with Crippen molar-refractivity contribution in [1.82, 2.24) is 14.7 Å². The third-order valence-corrected chi connectivity index (χ3v) is 4.48. The molecule has 1 aliphatic rings. The first-order chi connectivity index (χ1) is 10.5. The average molecular weight is 307 g/mol. The lowest BCUT2D eigenvalue weighted by Crippen LogP contribution is -2.48. The first kappa shape index (κ1) is 16.5. The van der Waals surface area contributed by atoms with E-state index in [1.165, 1.54) is 4.90 Å². The number of piperidine rings is 1. The molecule has 1 amide bonds. The fraction of sp³-hybridized carbons (Fsp3) is 0.688. The number of hydrogen-bond acceptors (Lipinski definition) is 3. The molecule has 6 nitrogen and oxygen atoms in total. The van der Waals surface area contributed by atoms with Gasteiger partial charge in [-0.2, -0.15) is 5.10 Å². The van der Waals surface area contributed by atoms with Gasteiger partial charge in [-0.15, -0.1) is 0 Å². The van der Waals surface area contributed by atoms with Crippen molar-refractivity contribution >= 4 is 11.9 Å². The van der Waals surface area contributed by atoms with E-state index in [0.717, 1.165) is 31.4 Å². The van der Waals surface area contributed by atoms with Crippen molar-refractivity contribution in [3.05, 3.63) is 17.5 Å². The van der Waals surface area contributed by atoms with Gasteiger partial charge in [0.15, 0.2) is 5.69 Å². The summed E-state index contributed by atoms with van der Waals surface area (Å²) in [6.07, 6.45) is 4.12. The van der Waals surface area contributed by atoms with Gasteiger partial charge in [0, 0.05) is 12.2 Å². The van der Waals surface area contributed by atoms with Crippen LogP contribution in [0.25, 0.3) is 0 Å². The second kappa shape index (κ2) is 6.94. The van der Waals surface area contributed by atoms with Crippen molar-refractivity contribution in [3.8, 4) is 0 Å². The molecule has 2 heterocycles. The molecule has 1 saturated heterocycles. The highest BCUT2D eigenvalue weighted by Gasteiger charge is 2.33. The Kier molecular flexibility index (Phi) is 5.21. The SMILES string of the molecule is CCC(CC)n1nc(C(=O)N2CCCCC2C(=O)O)cc1C. The van der Waals surface area contributed by atoms with Crippen LogP contribution < -0.4 is 0 Å². The number of carboxylic acid groups (broad SMARTS) is 1. The van der Waals surface area contributed by atoms with Crippen LogP contribution in [0.2, 0.25) is 0 Å². The largest absolute Gasteiger partial charge is 0.480 e. The number of aromatic nitrogens is 2. The van der Waals surface area contributed by atoms with Crippen molar-refractivity contribution in [2.75, 3.05) is 6.54 Å². The molecule has 1 unspecified atom stereocenters. The minimum absolute atomic E-state index is 0.264. The Balaban J connectivity index is 2.25. The average Bonchev–Trinajstić information content (AvgIpc) is 2.90. The maximum atomic E-state index is 12.7. The van der Waals surface area contributed by atoms with Crippen LogP contribution in [-0.4, -0.2) is 44.3 Å². The van der Waals surface area contributed by atoms with Gasteiger partial charge in [-0.1, -0.05) is 13.8 Å². The van der Waals surface area contributed by atoms with E-state index in [-0.39, 0.29) is 11.9 Å². The van der Waals surface area contributed by atoms with E-state index < -0.39 is 12.0 Å². The second-order valence-corrected chi connectivity index (χ2v) is 5.93. The molecule has 1 fully saturated rings. The lowest BCUT2D eigenvalue weighted by atomic mass is 10.0. The Hall–Kier alpha value is -1.85. The summed E-state index contributed by atoms with van der Waals surface area (Å²) in [4.78, 5) is 25.5. The van der Waals surface area contributed by atoms with Gasteiger partial charge in [0.05, 0.1) is 6.04 Å². The van der Waals surface area contributed by atoms with Gasteiger partial charge in [0.2, 0.25) is 0 Å². The van der Waals surface area contributed by atoms with Gasteiger partial charge in [-0.05, 0) is 45.1 Å². The molecular weight excluding hydrogens is 282 g/mol. The number of carboxylic acids is 1. The molecule has 1 aromatic heterocycles. The quantitative estimate of drug-likeness (QED) is 0.907. The lowest BCUT2D eigenvalue weighted by Gasteiger charge is -2.32. The summed E-state index contributed by atoms with van der Waals surface area (Å²) >= 11 is 0. The van der Waals surface area contributed by atoms with Gasteiger partial charge < -0.3 is 10.0 Å². The van der Waals surface area contributed by atoms with Crippen LogP contribution in [-0.2, 0) is 4.79 Å². The van der Waals surface area contributed by atoms with E-state index in [2.05, 4.69) is 18.9 Å². The van der Waals surface area contributed by atoms with Gasteiger partial charge in [-0.25, -0.2) is 4.79 Å². The summed E-state index contributed by atoms with van der Waals surface area (Å²) in [5, 5.41) is 13.8. The standard InChI is InChI=1S/C16H25N3O3/c1-4-12(5-2)19-11(3)10-13(17-19)15(20)18-9-7-6-8-14(18)16(21)22/h10,12,14H,4-9H2,1-3H3,(H,21,22). The monoisotopic (exact) mass is 307 g/mol. The van der Waals surface area contributed by atoms with Crippen molar-refractivity contribution in [2.24, 2.45) is 0 Å². The van der Waals surface area contributed by atoms with Crippen molar-refractivity contribution < 1.29 is 14.7 Å². The molecule has 6 heteroatoms. The zero-order valence-corrected chi connectivity index (χ0v) is 13.6. The van der Waals surface area contributed by atoms with Crippen LogP contribution in [0.15, 0.2) is 6.07 Å². The predicted octanol–water partition coefficient (Wildman–Crippen LogP) is 2.63. The highest BCUT2D eigenvalue weighted by Crippen LogP contribution is 2.22. The molecule has 0 radical (unpaired) electrons. The molecular formula is C16H25N3O3. The zero-order chi connectivity index (χ0) is 16.3. The molecule has 122 valence electrons. The highest BCUT2D eigenvalue weighted by atomic mass is 16.4. The number of carbonyl (C=O) groups is 2. The fourth-order valence-corrected chi connectivity index (χ4v) is 3.18.